The van der Waals surface area contributed by atoms with Gasteiger partial charge in [-0.15, -0.1) is 0 Å². The van der Waals surface area contributed by atoms with Gasteiger partial charge in [-0.2, -0.15) is 0 Å². The molecule has 0 bridgehead atoms. The second-order valence-corrected chi connectivity index (χ2v) is 7.83. The number of hydrogen-bond donors (Lipinski definition) is 0. The van der Waals surface area contributed by atoms with E-state index in [1.54, 1.807) is 0 Å². The van der Waals surface area contributed by atoms with Crippen molar-refractivity contribution in [3.63, 3.8) is 0 Å². The fourth-order valence-electron chi connectivity index (χ4n) is 3.72. The average molecular weight is 325 g/mol. The molecule has 0 aromatic carbocycles. The van der Waals surface area contributed by atoms with Crippen LogP contribution in [-0.2, 0) is 0 Å². The summed E-state index contributed by atoms with van der Waals surface area (Å²) < 4.78 is 0. The highest BCUT2D eigenvalue weighted by atomic mass is 14.1. The molecule has 0 aliphatic heterocycles. The van der Waals surface area contributed by atoms with E-state index in [2.05, 4.69) is 20.8 Å². The van der Waals surface area contributed by atoms with Crippen molar-refractivity contribution in [2.24, 2.45) is 5.92 Å². The minimum Gasteiger partial charge on any atom is -0.0654 e. The molecule has 0 aromatic heterocycles. The van der Waals surface area contributed by atoms with Crippen molar-refractivity contribution in [3.8, 4) is 0 Å². The molecule has 0 radical (unpaired) electrons. The van der Waals surface area contributed by atoms with Gasteiger partial charge in [-0.05, 0) is 5.92 Å². The predicted molar refractivity (Wildman–Crippen MR) is 108 cm³/mol. The van der Waals surface area contributed by atoms with Gasteiger partial charge in [-0.1, -0.05) is 143 Å². The molecule has 0 saturated heterocycles. The summed E-state index contributed by atoms with van der Waals surface area (Å²) in [7, 11) is 0. The van der Waals surface area contributed by atoms with Gasteiger partial charge in [0.2, 0.25) is 0 Å². The number of unbranched alkanes of at least 4 members (excludes halogenated alkanes) is 13. The summed E-state index contributed by atoms with van der Waals surface area (Å²) >= 11 is 0. The fourth-order valence-corrected chi connectivity index (χ4v) is 3.72. The van der Waals surface area contributed by atoms with Crippen molar-refractivity contribution in [2.45, 2.75) is 143 Å². The van der Waals surface area contributed by atoms with E-state index in [0.29, 0.717) is 0 Å². The highest BCUT2D eigenvalue weighted by Crippen LogP contribution is 2.24. The molecule has 0 unspecified atom stereocenters. The average Bonchev–Trinajstić information content (AvgIpc) is 2.56. The van der Waals surface area contributed by atoms with Gasteiger partial charge in [-0.25, -0.2) is 0 Å². The zero-order valence-corrected chi connectivity index (χ0v) is 17.0. The first-order valence-electron chi connectivity index (χ1n) is 11.3. The molecule has 0 aromatic rings. The molecular weight excluding hydrogens is 276 g/mol. The van der Waals surface area contributed by atoms with Crippen LogP contribution in [0.15, 0.2) is 0 Å². The van der Waals surface area contributed by atoms with E-state index in [9.17, 15) is 0 Å². The molecule has 0 heterocycles. The van der Waals surface area contributed by atoms with E-state index in [1.165, 1.54) is 122 Å². The molecule has 140 valence electrons. The Kier molecular flexibility index (Phi) is 20.0. The van der Waals surface area contributed by atoms with Gasteiger partial charge in [0.25, 0.3) is 0 Å². The van der Waals surface area contributed by atoms with Gasteiger partial charge < -0.3 is 0 Å². The quantitative estimate of drug-likeness (QED) is 0.208. The van der Waals surface area contributed by atoms with E-state index >= 15 is 0 Å². The third kappa shape index (κ3) is 18.2. The molecule has 0 nitrogen and oxygen atoms in total. The maximum absolute atomic E-state index is 2.33. The van der Waals surface area contributed by atoms with Gasteiger partial charge in [0.1, 0.15) is 0 Å². The van der Waals surface area contributed by atoms with Crippen molar-refractivity contribution in [3.05, 3.63) is 0 Å². The molecule has 0 spiro atoms. The van der Waals surface area contributed by atoms with Gasteiger partial charge in [0.05, 0.1) is 0 Å². The Labute approximate surface area is 149 Å². The van der Waals surface area contributed by atoms with Crippen molar-refractivity contribution in [2.75, 3.05) is 0 Å². The van der Waals surface area contributed by atoms with Crippen LogP contribution >= 0.6 is 0 Å². The van der Waals surface area contributed by atoms with Crippen LogP contribution in [0.1, 0.15) is 143 Å². The van der Waals surface area contributed by atoms with E-state index in [1.807, 2.05) is 0 Å². The summed E-state index contributed by atoms with van der Waals surface area (Å²) in [6, 6.07) is 0. The smallest absolute Gasteiger partial charge is 0.0414 e. The van der Waals surface area contributed by atoms with E-state index < -0.39 is 0 Å². The van der Waals surface area contributed by atoms with Crippen LogP contribution in [0.25, 0.3) is 0 Å². The SMILES string of the molecule is CCCCCCCCCCCCC(CCCCC)CCCCC. The summed E-state index contributed by atoms with van der Waals surface area (Å²) in [5, 5.41) is 0. The molecule has 0 fully saturated rings. The predicted octanol–water partition coefficient (Wildman–Crippen LogP) is 9.07. The second kappa shape index (κ2) is 20.0. The highest BCUT2D eigenvalue weighted by Gasteiger charge is 2.08. The summed E-state index contributed by atoms with van der Waals surface area (Å²) in [6.45, 7) is 6.96. The number of hydrogen-bond acceptors (Lipinski definition) is 0. The van der Waals surface area contributed by atoms with Crippen molar-refractivity contribution in [1.82, 2.24) is 0 Å². The molecule has 0 atom stereocenters. The Hall–Kier alpha value is 0. The lowest BCUT2D eigenvalue weighted by Gasteiger charge is -2.16. The molecule has 0 saturated carbocycles. The molecule has 0 heteroatoms. The van der Waals surface area contributed by atoms with Gasteiger partial charge in [-0.3, -0.25) is 0 Å². The van der Waals surface area contributed by atoms with Gasteiger partial charge in [0, 0.05) is 0 Å². The third-order valence-electron chi connectivity index (χ3n) is 5.40. The van der Waals surface area contributed by atoms with Crippen molar-refractivity contribution >= 4 is 0 Å². The lowest BCUT2D eigenvalue weighted by Crippen LogP contribution is -2.01. The van der Waals surface area contributed by atoms with Crippen LogP contribution in [0.2, 0.25) is 0 Å². The fraction of sp³-hybridized carbons (Fsp3) is 1.00. The summed E-state index contributed by atoms with van der Waals surface area (Å²) in [5.74, 6) is 1.04. The van der Waals surface area contributed by atoms with Gasteiger partial charge in [0.15, 0.2) is 0 Å². The summed E-state index contributed by atoms with van der Waals surface area (Å²) in [4.78, 5) is 0. The van der Waals surface area contributed by atoms with Crippen LogP contribution in [0.5, 0.6) is 0 Å². The van der Waals surface area contributed by atoms with Gasteiger partial charge >= 0.3 is 0 Å². The zero-order valence-electron chi connectivity index (χ0n) is 17.0. The Morgan fingerprint density at radius 3 is 1.00 bits per heavy atom. The van der Waals surface area contributed by atoms with E-state index in [4.69, 9.17) is 0 Å². The van der Waals surface area contributed by atoms with Crippen LogP contribution in [0.4, 0.5) is 0 Å². The molecule has 0 rings (SSSR count). The summed E-state index contributed by atoms with van der Waals surface area (Å²) in [5.41, 5.74) is 0. The number of rotatable bonds is 19. The van der Waals surface area contributed by atoms with Crippen LogP contribution in [0.3, 0.4) is 0 Å². The normalized spacial score (nSPS) is 11.5. The molecular formula is C23H48. The zero-order chi connectivity index (χ0) is 17.0. The molecule has 0 amide bonds. The molecule has 0 aliphatic rings. The highest BCUT2D eigenvalue weighted by molar-refractivity contribution is 4.61. The molecule has 0 aliphatic carbocycles. The first-order valence-corrected chi connectivity index (χ1v) is 11.3. The van der Waals surface area contributed by atoms with E-state index in [0.717, 1.165) is 5.92 Å². The maximum atomic E-state index is 2.33. The Bertz CT molecular complexity index is 186. The Morgan fingerprint density at radius 2 is 0.609 bits per heavy atom. The van der Waals surface area contributed by atoms with Crippen LogP contribution in [0, 0.1) is 5.92 Å². The molecule has 23 heavy (non-hydrogen) atoms. The van der Waals surface area contributed by atoms with Crippen molar-refractivity contribution in [1.29, 1.82) is 0 Å². The maximum Gasteiger partial charge on any atom is -0.0414 e. The monoisotopic (exact) mass is 324 g/mol. The van der Waals surface area contributed by atoms with Crippen molar-refractivity contribution < 1.29 is 0 Å². The first kappa shape index (κ1) is 23.0. The first-order chi connectivity index (χ1) is 11.3. The van der Waals surface area contributed by atoms with Crippen LogP contribution in [-0.4, -0.2) is 0 Å². The standard InChI is InChI=1S/C23H48/c1-4-7-10-11-12-13-14-15-16-19-22-23(20-17-8-5-2)21-18-9-6-3/h23H,4-22H2,1-3H3. The topological polar surface area (TPSA) is 0 Å². The minimum atomic E-state index is 1.04. The lowest BCUT2D eigenvalue weighted by atomic mass is 9.90. The van der Waals surface area contributed by atoms with E-state index in [-0.39, 0.29) is 0 Å². The van der Waals surface area contributed by atoms with Crippen LogP contribution < -0.4 is 0 Å². The second-order valence-electron chi connectivity index (χ2n) is 7.83. The summed E-state index contributed by atoms with van der Waals surface area (Å²) in [6.07, 6.45) is 27.8. The molecule has 0 N–H and O–H groups in total. The third-order valence-corrected chi connectivity index (χ3v) is 5.40. The Balaban J connectivity index is 3.48. The lowest BCUT2D eigenvalue weighted by molar-refractivity contribution is 0.370. The largest absolute Gasteiger partial charge is 0.0654 e. The minimum absolute atomic E-state index is 1.04. The Morgan fingerprint density at radius 1 is 0.348 bits per heavy atom.